The molecular weight excluding hydrogens is 609 g/mol. The molecule has 5 heterocycles. The first-order valence-electron chi connectivity index (χ1n) is 16.3. The molecule has 0 bridgehead atoms. The lowest BCUT2D eigenvalue weighted by Gasteiger charge is -2.38. The molecule has 9 rings (SSSR count). The van der Waals surface area contributed by atoms with Crippen LogP contribution in [0.15, 0.2) is 36.5 Å². The number of aliphatic hydroxyl groups is 1. The fourth-order valence-corrected chi connectivity index (χ4v) is 8.25. The van der Waals surface area contributed by atoms with Gasteiger partial charge in [0, 0.05) is 48.7 Å². The summed E-state index contributed by atoms with van der Waals surface area (Å²) in [5.74, 6) is -3.17. The van der Waals surface area contributed by atoms with Crippen LogP contribution >= 0.6 is 0 Å². The molecule has 12 heteroatoms. The number of rotatable bonds is 6. The Labute approximate surface area is 268 Å². The number of hydrogen-bond acceptors (Lipinski definition) is 8. The number of likely N-dealkylation sites (tertiary alicyclic amines) is 1. The Bertz CT molecular complexity index is 2130. The highest BCUT2D eigenvalue weighted by molar-refractivity contribution is 6.11. The van der Waals surface area contributed by atoms with Gasteiger partial charge in [-0.15, -0.1) is 0 Å². The molecule has 1 saturated carbocycles. The highest BCUT2D eigenvalue weighted by atomic mass is 19.3. The number of β-amino-alcohol motifs (C(OH)–C–C–N with tert-alkyl or cyclic N) is 1. The van der Waals surface area contributed by atoms with Crippen LogP contribution in [0.5, 0.6) is 11.8 Å². The van der Waals surface area contributed by atoms with Gasteiger partial charge in [-0.3, -0.25) is 0 Å². The van der Waals surface area contributed by atoms with Crippen molar-refractivity contribution in [1.82, 2.24) is 24.5 Å². The summed E-state index contributed by atoms with van der Waals surface area (Å²) in [6.45, 7) is 6.23. The Balaban J connectivity index is 1.29. The second-order valence-corrected chi connectivity index (χ2v) is 14.3. The summed E-state index contributed by atoms with van der Waals surface area (Å²) >= 11 is 0. The van der Waals surface area contributed by atoms with Gasteiger partial charge in [0.25, 0.3) is 5.92 Å². The van der Waals surface area contributed by atoms with Gasteiger partial charge >= 0.3 is 6.01 Å². The number of aromatic hydroxyl groups is 1. The Morgan fingerprint density at radius 2 is 1.85 bits per heavy atom. The first kappa shape index (κ1) is 29.0. The molecule has 0 amide bonds. The van der Waals surface area contributed by atoms with Gasteiger partial charge in [-0.05, 0) is 74.3 Å². The minimum absolute atomic E-state index is 0.0340. The van der Waals surface area contributed by atoms with Crippen molar-refractivity contribution in [2.45, 2.75) is 57.0 Å². The van der Waals surface area contributed by atoms with E-state index in [1.54, 1.807) is 35.8 Å². The van der Waals surface area contributed by atoms with Crippen molar-refractivity contribution < 1.29 is 28.1 Å². The van der Waals surface area contributed by atoms with Crippen molar-refractivity contribution in [1.29, 1.82) is 0 Å². The molecule has 3 aromatic heterocycles. The highest BCUT2D eigenvalue weighted by Crippen LogP contribution is 2.61. The van der Waals surface area contributed by atoms with Crippen LogP contribution in [0, 0.1) is 11.2 Å². The predicted molar refractivity (Wildman–Crippen MR) is 171 cm³/mol. The van der Waals surface area contributed by atoms with Crippen molar-refractivity contribution >= 4 is 33.0 Å². The Morgan fingerprint density at radius 3 is 2.57 bits per heavy atom. The van der Waals surface area contributed by atoms with Crippen LogP contribution in [0.25, 0.3) is 38.4 Å². The minimum Gasteiger partial charge on any atom is -0.508 e. The number of pyridine rings is 1. The van der Waals surface area contributed by atoms with E-state index in [4.69, 9.17) is 19.8 Å². The molecule has 244 valence electrons. The van der Waals surface area contributed by atoms with E-state index in [0.717, 1.165) is 25.9 Å². The molecule has 0 radical (unpaired) electrons. The molecule has 3 atom stereocenters. The van der Waals surface area contributed by atoms with Gasteiger partial charge in [-0.2, -0.15) is 15.1 Å². The number of fused-ring (bicyclic) bond motifs is 7. The van der Waals surface area contributed by atoms with Gasteiger partial charge in [0.15, 0.2) is 0 Å². The van der Waals surface area contributed by atoms with Crippen molar-refractivity contribution in [2.24, 2.45) is 5.41 Å². The number of halogens is 3. The molecule has 9 nitrogen and oxygen atoms in total. The maximum absolute atomic E-state index is 15.8. The molecule has 4 aliphatic rings. The second kappa shape index (κ2) is 9.70. The van der Waals surface area contributed by atoms with E-state index in [1.807, 2.05) is 22.8 Å². The standard InChI is InChI=1S/C35H35F3N6O3/c1-19-25-23(36)6-5-20-13-21(45)14-22(27(20)25)30-26(19)29-28(24-7-9-39-44(24)30)31(43-12-3-8-33(2,46)16-43)41-32(40-29)47-18-34(15-35(34,37)38)17-42-10-4-11-42/h5-7,9,13-14,19,45-46H,3-4,8,10-12,15-18H2,1-2H3/t19?,33-,34?/m1/s1. The van der Waals surface area contributed by atoms with E-state index >= 15 is 4.39 Å². The number of anilines is 1. The fraction of sp³-hybridized carbons (Fsp3) is 0.457. The molecule has 47 heavy (non-hydrogen) atoms. The predicted octanol–water partition coefficient (Wildman–Crippen LogP) is 5.87. The summed E-state index contributed by atoms with van der Waals surface area (Å²) in [6, 6.07) is 8.14. The number of aromatic nitrogens is 4. The summed E-state index contributed by atoms with van der Waals surface area (Å²) in [7, 11) is 0. The monoisotopic (exact) mass is 644 g/mol. The van der Waals surface area contributed by atoms with E-state index in [0.29, 0.717) is 74.9 Å². The quantitative estimate of drug-likeness (QED) is 0.237. The molecular formula is C35H35F3N6O3. The van der Waals surface area contributed by atoms with Gasteiger partial charge in [0.2, 0.25) is 0 Å². The smallest absolute Gasteiger partial charge is 0.318 e. The summed E-state index contributed by atoms with van der Waals surface area (Å²) in [5.41, 5.74) is 1.34. The van der Waals surface area contributed by atoms with E-state index in [1.165, 1.54) is 6.07 Å². The Kier molecular flexibility index (Phi) is 5.99. The molecule has 0 spiro atoms. The fourth-order valence-electron chi connectivity index (χ4n) is 8.25. The normalized spacial score (nSPS) is 26.5. The lowest BCUT2D eigenvalue weighted by molar-refractivity contribution is 0.0109. The largest absolute Gasteiger partial charge is 0.508 e. The summed E-state index contributed by atoms with van der Waals surface area (Å²) < 4.78 is 53.5. The van der Waals surface area contributed by atoms with Crippen LogP contribution in [0.2, 0.25) is 0 Å². The van der Waals surface area contributed by atoms with Crippen LogP contribution in [0.4, 0.5) is 19.0 Å². The van der Waals surface area contributed by atoms with Crippen molar-refractivity contribution in [3.8, 4) is 23.0 Å². The molecule has 2 N–H and O–H groups in total. The number of ether oxygens (including phenoxy) is 1. The van der Waals surface area contributed by atoms with Gasteiger partial charge in [-0.1, -0.05) is 13.0 Å². The number of nitrogens with zero attached hydrogens (tertiary/aromatic N) is 6. The van der Waals surface area contributed by atoms with E-state index < -0.39 is 22.9 Å². The number of benzene rings is 2. The molecule has 2 aromatic carbocycles. The zero-order chi connectivity index (χ0) is 32.5. The molecule has 2 unspecified atom stereocenters. The molecule has 3 fully saturated rings. The molecule has 2 saturated heterocycles. The zero-order valence-corrected chi connectivity index (χ0v) is 26.2. The topological polar surface area (TPSA) is 99.2 Å². The lowest BCUT2D eigenvalue weighted by Crippen LogP contribution is -2.46. The average Bonchev–Trinajstić information content (AvgIpc) is 3.28. The van der Waals surface area contributed by atoms with Crippen LogP contribution < -0.4 is 9.64 Å². The van der Waals surface area contributed by atoms with Crippen LogP contribution in [-0.4, -0.2) is 85.5 Å². The number of phenols is 1. The Hall–Kier alpha value is -4.16. The summed E-state index contributed by atoms with van der Waals surface area (Å²) in [6.07, 6.45) is 3.77. The first-order valence-corrected chi connectivity index (χ1v) is 16.3. The van der Waals surface area contributed by atoms with E-state index in [9.17, 15) is 19.0 Å². The SMILES string of the molecule is CC1c2c(n3nccc3c3c(N4CCC[C@@](C)(O)C4)nc(OCC4(CN5CCC5)CC4(F)F)nc23)-c2cc(O)cc3ccc(F)c1c23. The van der Waals surface area contributed by atoms with Gasteiger partial charge in [0.1, 0.15) is 24.0 Å². The third-order valence-corrected chi connectivity index (χ3v) is 10.8. The Morgan fingerprint density at radius 1 is 1.04 bits per heavy atom. The third-order valence-electron chi connectivity index (χ3n) is 10.8. The highest BCUT2D eigenvalue weighted by Gasteiger charge is 2.72. The van der Waals surface area contributed by atoms with Gasteiger partial charge in [0.05, 0.1) is 39.3 Å². The van der Waals surface area contributed by atoms with Crippen molar-refractivity contribution in [3.63, 3.8) is 0 Å². The van der Waals surface area contributed by atoms with Crippen molar-refractivity contribution in [3.05, 3.63) is 53.5 Å². The van der Waals surface area contributed by atoms with Gasteiger partial charge < -0.3 is 24.7 Å². The van der Waals surface area contributed by atoms with Crippen LogP contribution in [0.3, 0.4) is 0 Å². The lowest BCUT2D eigenvalue weighted by atomic mass is 9.78. The number of alkyl halides is 2. The molecule has 2 aliphatic carbocycles. The average molecular weight is 645 g/mol. The van der Waals surface area contributed by atoms with Gasteiger partial charge in [-0.25, -0.2) is 17.7 Å². The zero-order valence-electron chi connectivity index (χ0n) is 26.2. The third kappa shape index (κ3) is 4.26. The summed E-state index contributed by atoms with van der Waals surface area (Å²) in [5, 5.41) is 28.6. The number of phenolic OH excluding ortho intramolecular Hbond substituents is 1. The second-order valence-electron chi connectivity index (χ2n) is 14.3. The first-order chi connectivity index (χ1) is 22.5. The molecule has 5 aromatic rings. The summed E-state index contributed by atoms with van der Waals surface area (Å²) in [4.78, 5) is 13.8. The van der Waals surface area contributed by atoms with Crippen molar-refractivity contribution in [2.75, 3.05) is 44.2 Å². The maximum Gasteiger partial charge on any atom is 0.318 e. The van der Waals surface area contributed by atoms with Crippen LogP contribution in [0.1, 0.15) is 56.6 Å². The number of hydrogen-bond donors (Lipinski definition) is 2. The minimum atomic E-state index is -2.84. The van der Waals surface area contributed by atoms with Crippen LogP contribution in [-0.2, 0) is 0 Å². The maximum atomic E-state index is 15.8. The van der Waals surface area contributed by atoms with E-state index in [-0.39, 0.29) is 37.1 Å². The number of piperidine rings is 1. The molecule has 2 aliphatic heterocycles. The van der Waals surface area contributed by atoms with E-state index in [2.05, 4.69) is 0 Å².